The number of rotatable bonds is 5. The molecule has 0 saturated heterocycles. The minimum absolute atomic E-state index is 0.0127. The summed E-state index contributed by atoms with van der Waals surface area (Å²) < 4.78 is 6.50. The van der Waals surface area contributed by atoms with Gasteiger partial charge in [0.25, 0.3) is 5.69 Å². The van der Waals surface area contributed by atoms with Crippen molar-refractivity contribution in [3.05, 3.63) is 73.8 Å². The van der Waals surface area contributed by atoms with Crippen LogP contribution in [-0.2, 0) is 6.61 Å². The molecule has 0 unspecified atom stereocenters. The molecule has 0 spiro atoms. The highest BCUT2D eigenvalue weighted by molar-refractivity contribution is 9.10. The Labute approximate surface area is 146 Å². The fourth-order valence-electron chi connectivity index (χ4n) is 1.88. The highest BCUT2D eigenvalue weighted by Gasteiger charge is 2.07. The van der Waals surface area contributed by atoms with Gasteiger partial charge in [0.15, 0.2) is 0 Å². The Hall–Kier alpha value is -3.16. The summed E-state index contributed by atoms with van der Waals surface area (Å²) in [5.41, 5.74) is 1.33. The minimum Gasteiger partial charge on any atom is -0.488 e. The summed E-state index contributed by atoms with van der Waals surface area (Å²) in [6, 6.07) is 14.9. The topological polar surface area (TPSA) is 100.0 Å². The Kier molecular flexibility index (Phi) is 5.67. The largest absolute Gasteiger partial charge is 0.488 e. The van der Waals surface area contributed by atoms with Gasteiger partial charge in [0, 0.05) is 22.2 Å². The zero-order valence-corrected chi connectivity index (χ0v) is 13.9. The van der Waals surface area contributed by atoms with E-state index in [1.807, 2.05) is 0 Å². The third-order valence-corrected chi connectivity index (χ3v) is 3.55. The van der Waals surface area contributed by atoms with Gasteiger partial charge in [-0.3, -0.25) is 10.1 Å². The average molecular weight is 384 g/mol. The second-order valence-electron chi connectivity index (χ2n) is 4.68. The molecule has 24 heavy (non-hydrogen) atoms. The fourth-order valence-corrected chi connectivity index (χ4v) is 2.26. The molecule has 2 rings (SSSR count). The SMILES string of the molecule is N#CC(C#N)=Cc1cc(Br)ccc1OCc1ccc([N+](=O)[O-])cc1. The van der Waals surface area contributed by atoms with Crippen molar-refractivity contribution in [1.82, 2.24) is 0 Å². The summed E-state index contributed by atoms with van der Waals surface area (Å²) >= 11 is 3.33. The summed E-state index contributed by atoms with van der Waals surface area (Å²) in [5, 5.41) is 28.4. The number of nitro benzene ring substituents is 1. The monoisotopic (exact) mass is 383 g/mol. The van der Waals surface area contributed by atoms with Crippen molar-refractivity contribution in [2.75, 3.05) is 0 Å². The first-order valence-electron chi connectivity index (χ1n) is 6.71. The van der Waals surface area contributed by atoms with Gasteiger partial charge < -0.3 is 4.74 Å². The first-order chi connectivity index (χ1) is 11.5. The summed E-state index contributed by atoms with van der Waals surface area (Å²) in [6.07, 6.45) is 1.44. The number of non-ortho nitro benzene ring substituents is 1. The molecule has 0 radical (unpaired) electrons. The molecule has 0 aliphatic rings. The molecule has 0 N–H and O–H groups in total. The zero-order valence-electron chi connectivity index (χ0n) is 12.3. The molecule has 0 saturated carbocycles. The van der Waals surface area contributed by atoms with E-state index in [4.69, 9.17) is 15.3 Å². The number of nitriles is 2. The number of hydrogen-bond donors (Lipinski definition) is 0. The Balaban J connectivity index is 2.21. The number of benzene rings is 2. The summed E-state index contributed by atoms with van der Waals surface area (Å²) in [4.78, 5) is 10.2. The van der Waals surface area contributed by atoms with E-state index in [0.29, 0.717) is 11.3 Å². The molecule has 0 atom stereocenters. The molecule has 0 heterocycles. The van der Waals surface area contributed by atoms with Crippen LogP contribution in [0.4, 0.5) is 5.69 Å². The van der Waals surface area contributed by atoms with Gasteiger partial charge in [0.05, 0.1) is 4.92 Å². The van der Waals surface area contributed by atoms with Gasteiger partial charge in [0.2, 0.25) is 0 Å². The van der Waals surface area contributed by atoms with Gasteiger partial charge >= 0.3 is 0 Å². The van der Waals surface area contributed by atoms with Gasteiger partial charge in [-0.15, -0.1) is 0 Å². The van der Waals surface area contributed by atoms with Crippen LogP contribution in [0.1, 0.15) is 11.1 Å². The summed E-state index contributed by atoms with van der Waals surface area (Å²) in [6.45, 7) is 0.203. The van der Waals surface area contributed by atoms with Crippen molar-refractivity contribution >= 4 is 27.7 Å². The van der Waals surface area contributed by atoms with E-state index in [0.717, 1.165) is 10.0 Å². The van der Waals surface area contributed by atoms with Gasteiger partial charge in [-0.25, -0.2) is 0 Å². The van der Waals surface area contributed by atoms with E-state index in [1.165, 1.54) is 18.2 Å². The van der Waals surface area contributed by atoms with Crippen molar-refractivity contribution in [2.45, 2.75) is 6.61 Å². The third kappa shape index (κ3) is 4.42. The summed E-state index contributed by atoms with van der Waals surface area (Å²) in [7, 11) is 0. The maximum absolute atomic E-state index is 10.6. The average Bonchev–Trinajstić information content (AvgIpc) is 2.59. The Morgan fingerprint density at radius 1 is 1.21 bits per heavy atom. The second kappa shape index (κ2) is 7.91. The van der Waals surface area contributed by atoms with Gasteiger partial charge in [0.1, 0.15) is 30.1 Å². The number of halogens is 1. The first-order valence-corrected chi connectivity index (χ1v) is 7.50. The number of hydrogen-bond acceptors (Lipinski definition) is 5. The van der Waals surface area contributed by atoms with Crippen LogP contribution < -0.4 is 4.74 Å². The molecule has 0 aromatic heterocycles. The van der Waals surface area contributed by atoms with E-state index in [9.17, 15) is 10.1 Å². The Bertz CT molecular complexity index is 861. The first kappa shape index (κ1) is 17.2. The molecule has 2 aromatic rings. The maximum atomic E-state index is 10.6. The van der Waals surface area contributed by atoms with Crippen LogP contribution in [0.2, 0.25) is 0 Å². The Morgan fingerprint density at radius 2 is 1.88 bits per heavy atom. The van der Waals surface area contributed by atoms with Crippen molar-refractivity contribution in [3.63, 3.8) is 0 Å². The molecule has 6 nitrogen and oxygen atoms in total. The van der Waals surface area contributed by atoms with Gasteiger partial charge in [-0.1, -0.05) is 15.9 Å². The summed E-state index contributed by atoms with van der Waals surface area (Å²) in [5.74, 6) is 0.500. The third-order valence-electron chi connectivity index (χ3n) is 3.05. The van der Waals surface area contributed by atoms with Crippen LogP contribution in [0.5, 0.6) is 5.75 Å². The lowest BCUT2D eigenvalue weighted by atomic mass is 10.1. The second-order valence-corrected chi connectivity index (χ2v) is 5.59. The van der Waals surface area contributed by atoms with E-state index in [2.05, 4.69) is 15.9 Å². The van der Waals surface area contributed by atoms with E-state index in [1.54, 1.807) is 42.5 Å². The molecule has 0 aliphatic heterocycles. The van der Waals surface area contributed by atoms with E-state index >= 15 is 0 Å². The molecular formula is C17H10BrN3O3. The molecule has 2 aromatic carbocycles. The number of allylic oxidation sites excluding steroid dienone is 1. The highest BCUT2D eigenvalue weighted by atomic mass is 79.9. The van der Waals surface area contributed by atoms with Crippen molar-refractivity contribution in [2.24, 2.45) is 0 Å². The lowest BCUT2D eigenvalue weighted by Crippen LogP contribution is -1.98. The minimum atomic E-state index is -0.465. The van der Waals surface area contributed by atoms with Crippen LogP contribution in [0, 0.1) is 32.8 Å². The molecule has 0 amide bonds. The number of nitro groups is 1. The van der Waals surface area contributed by atoms with Crippen LogP contribution in [0.3, 0.4) is 0 Å². The smallest absolute Gasteiger partial charge is 0.269 e. The molecule has 0 bridgehead atoms. The van der Waals surface area contributed by atoms with Crippen molar-refractivity contribution < 1.29 is 9.66 Å². The lowest BCUT2D eigenvalue weighted by molar-refractivity contribution is -0.384. The quantitative estimate of drug-likeness (QED) is 0.433. The number of nitrogens with zero attached hydrogens (tertiary/aromatic N) is 3. The van der Waals surface area contributed by atoms with E-state index < -0.39 is 4.92 Å². The molecular weight excluding hydrogens is 374 g/mol. The standard InChI is InChI=1S/C17H10BrN3O3/c18-15-3-6-17(14(8-15)7-13(9-19)10-20)24-11-12-1-4-16(5-2-12)21(22)23/h1-8H,11H2. The molecule has 0 aliphatic carbocycles. The van der Waals surface area contributed by atoms with Crippen molar-refractivity contribution in [3.8, 4) is 17.9 Å². The predicted octanol–water partition coefficient (Wildman–Crippen LogP) is 4.37. The van der Waals surface area contributed by atoms with Gasteiger partial charge in [-0.2, -0.15) is 10.5 Å². The highest BCUT2D eigenvalue weighted by Crippen LogP contribution is 2.26. The fraction of sp³-hybridized carbons (Fsp3) is 0.0588. The van der Waals surface area contributed by atoms with Crippen LogP contribution in [0.15, 0.2) is 52.5 Å². The zero-order chi connectivity index (χ0) is 17.5. The van der Waals surface area contributed by atoms with Crippen molar-refractivity contribution in [1.29, 1.82) is 10.5 Å². The maximum Gasteiger partial charge on any atom is 0.269 e. The van der Waals surface area contributed by atoms with Crippen LogP contribution in [-0.4, -0.2) is 4.92 Å². The predicted molar refractivity (Wildman–Crippen MR) is 90.8 cm³/mol. The lowest BCUT2D eigenvalue weighted by Gasteiger charge is -2.10. The van der Waals surface area contributed by atoms with Gasteiger partial charge in [-0.05, 0) is 42.0 Å². The number of ether oxygens (including phenoxy) is 1. The van der Waals surface area contributed by atoms with Crippen LogP contribution in [0.25, 0.3) is 6.08 Å². The molecule has 0 fully saturated rings. The Morgan fingerprint density at radius 3 is 2.46 bits per heavy atom. The molecule has 118 valence electrons. The van der Waals surface area contributed by atoms with Crippen LogP contribution >= 0.6 is 15.9 Å². The van der Waals surface area contributed by atoms with E-state index in [-0.39, 0.29) is 17.9 Å². The molecule has 7 heteroatoms. The normalized spacial score (nSPS) is 9.46.